The molecule has 6 rings (SSSR count). The molecule has 3 saturated carbocycles. The molecule has 0 amide bonds. The number of aliphatic hydroxyl groups is 2. The van der Waals surface area contributed by atoms with Crippen molar-refractivity contribution < 1.29 is 33.0 Å². The molecule has 10 heteroatoms. The lowest BCUT2D eigenvalue weighted by atomic mass is 9.46. The Kier molecular flexibility index (Phi) is 6.03. The fourth-order valence-electron chi connectivity index (χ4n) is 8.27. The van der Waals surface area contributed by atoms with E-state index < -0.39 is 34.3 Å². The first-order valence-corrected chi connectivity index (χ1v) is 14.3. The van der Waals surface area contributed by atoms with Gasteiger partial charge in [0.1, 0.15) is 5.60 Å². The van der Waals surface area contributed by atoms with Crippen LogP contribution < -0.4 is 0 Å². The van der Waals surface area contributed by atoms with Crippen molar-refractivity contribution in [1.29, 1.82) is 0 Å². The Morgan fingerprint density at radius 2 is 2.03 bits per heavy atom. The number of hydrogen-bond donors (Lipinski definition) is 3. The number of imidazole rings is 1. The monoisotopic (exact) mass is 560 g/mol. The Morgan fingerprint density at radius 3 is 2.77 bits per heavy atom. The number of rotatable bonds is 4. The van der Waals surface area contributed by atoms with Gasteiger partial charge < -0.3 is 15.2 Å². The molecule has 1 heterocycles. The van der Waals surface area contributed by atoms with Crippen LogP contribution in [0.5, 0.6) is 0 Å². The van der Waals surface area contributed by atoms with Crippen LogP contribution in [-0.4, -0.2) is 49.2 Å². The molecule has 0 aliphatic heterocycles. The van der Waals surface area contributed by atoms with Crippen molar-refractivity contribution in [2.75, 3.05) is 5.75 Å². The number of carbonyl (C=O) groups excluding carboxylic acids is 2. The number of nitrogens with one attached hydrogen (secondary N) is 1. The number of aromatic nitrogens is 2. The van der Waals surface area contributed by atoms with Gasteiger partial charge in [0, 0.05) is 16.7 Å². The summed E-state index contributed by atoms with van der Waals surface area (Å²) in [5.41, 5.74) is -2.00. The molecule has 5 unspecified atom stereocenters. The maximum absolute atomic E-state index is 13.6. The number of carbonyl (C=O) groups is 2. The Labute approximate surface area is 228 Å². The van der Waals surface area contributed by atoms with E-state index in [1.807, 2.05) is 13.0 Å². The molecule has 2 aromatic rings. The van der Waals surface area contributed by atoms with Gasteiger partial charge in [-0.05, 0) is 74.3 Å². The number of ketones is 2. The lowest BCUT2D eigenvalue weighted by molar-refractivity contribution is -0.174. The third kappa shape index (κ3) is 3.96. The van der Waals surface area contributed by atoms with E-state index in [0.29, 0.717) is 23.5 Å². The number of fused-ring (bicyclic) bond motifs is 6. The number of Topliss-reactive ketones (excluding diaryl/α,β-unsaturated/α-hetero) is 1. The van der Waals surface area contributed by atoms with Gasteiger partial charge in [-0.1, -0.05) is 37.3 Å². The number of H-pyrrole nitrogens is 1. The second-order valence-corrected chi connectivity index (χ2v) is 13.1. The Morgan fingerprint density at radius 1 is 1.26 bits per heavy atom. The van der Waals surface area contributed by atoms with Crippen molar-refractivity contribution in [3.63, 3.8) is 0 Å². The van der Waals surface area contributed by atoms with Gasteiger partial charge in [0.25, 0.3) is 0 Å². The van der Waals surface area contributed by atoms with Crippen LogP contribution in [-0.2, 0) is 15.8 Å². The smallest absolute Gasteiger partial charge is 0.393 e. The standard InChI is InChI=1S/C29H31F3N2O4S/c1-26-9-7-17(35)11-15(26)3-5-18-19-8-10-28(38,27(19,2)13-22(36)24(18)26)23(37)14-39-25-33-20-6-4-16(29(30,31)32)12-21(20)34-25/h4,6-7,9,11-12,18-19,22,24,36,38H,3,5,8,10,13-14H2,1-2H3,(H,33,34)/t18?,19?,22-,24?,26?,27?,28-/m0/s1. The van der Waals surface area contributed by atoms with Gasteiger partial charge in [-0.25, -0.2) is 4.98 Å². The van der Waals surface area contributed by atoms with E-state index in [2.05, 4.69) is 16.9 Å². The predicted octanol–water partition coefficient (Wildman–Crippen LogP) is 5.25. The highest BCUT2D eigenvalue weighted by atomic mass is 32.2. The third-order valence-corrected chi connectivity index (χ3v) is 11.1. The first-order valence-electron chi connectivity index (χ1n) is 13.3. The number of allylic oxidation sites excluding steroid dienone is 4. The SMILES string of the molecule is CC12C=CC(=O)C=C1CCC1C2[C@@H](O)CC2(C)C1CC[C@]2(O)C(=O)CSc1nc2ccc(C(F)(F)F)cc2[nH]1. The molecular formula is C29H31F3N2O4S. The molecule has 1 aromatic carbocycles. The fourth-order valence-corrected chi connectivity index (χ4v) is 9.12. The van der Waals surface area contributed by atoms with Crippen LogP contribution in [0.15, 0.2) is 47.2 Å². The maximum atomic E-state index is 13.6. The van der Waals surface area contributed by atoms with Gasteiger partial charge in [-0.3, -0.25) is 9.59 Å². The summed E-state index contributed by atoms with van der Waals surface area (Å²) >= 11 is 1.06. The highest BCUT2D eigenvalue weighted by molar-refractivity contribution is 7.99. The van der Waals surface area contributed by atoms with Crippen molar-refractivity contribution >= 4 is 34.4 Å². The van der Waals surface area contributed by atoms with Gasteiger partial charge >= 0.3 is 6.18 Å². The lowest BCUT2D eigenvalue weighted by Gasteiger charge is -2.59. The average molecular weight is 561 g/mol. The fraction of sp³-hybridized carbons (Fsp3) is 0.552. The summed E-state index contributed by atoms with van der Waals surface area (Å²) in [5, 5.41) is 23.7. The van der Waals surface area contributed by atoms with Crippen molar-refractivity contribution in [3.05, 3.63) is 47.6 Å². The van der Waals surface area contributed by atoms with Gasteiger partial charge in [0.05, 0.1) is 28.5 Å². The van der Waals surface area contributed by atoms with Gasteiger partial charge in [0.2, 0.25) is 0 Å². The van der Waals surface area contributed by atoms with E-state index in [1.54, 1.807) is 12.2 Å². The number of aliphatic hydroxyl groups excluding tert-OH is 1. The molecule has 208 valence electrons. The van der Waals surface area contributed by atoms with Crippen LogP contribution in [0.3, 0.4) is 0 Å². The molecule has 0 saturated heterocycles. The second-order valence-electron chi connectivity index (χ2n) is 12.1. The quantitative estimate of drug-likeness (QED) is 0.442. The van der Waals surface area contributed by atoms with Gasteiger partial charge in [-0.15, -0.1) is 0 Å². The minimum absolute atomic E-state index is 0.0281. The van der Waals surface area contributed by atoms with E-state index in [4.69, 9.17) is 0 Å². The summed E-state index contributed by atoms with van der Waals surface area (Å²) < 4.78 is 39.2. The number of aromatic amines is 1. The zero-order chi connectivity index (χ0) is 28.0. The maximum Gasteiger partial charge on any atom is 0.416 e. The molecule has 4 aliphatic carbocycles. The summed E-state index contributed by atoms with van der Waals surface area (Å²) in [4.78, 5) is 32.8. The number of thioether (sulfide) groups is 1. The molecule has 7 atom stereocenters. The Balaban J connectivity index is 1.21. The van der Waals surface area contributed by atoms with E-state index in [0.717, 1.165) is 42.3 Å². The Hall–Kier alpha value is -2.43. The largest absolute Gasteiger partial charge is 0.416 e. The molecule has 1 aromatic heterocycles. The van der Waals surface area contributed by atoms with E-state index in [1.165, 1.54) is 6.07 Å². The molecule has 6 nitrogen and oxygen atoms in total. The number of hydrogen-bond acceptors (Lipinski definition) is 6. The summed E-state index contributed by atoms with van der Waals surface area (Å²) in [5.74, 6) is -0.425. The second kappa shape index (κ2) is 8.78. The summed E-state index contributed by atoms with van der Waals surface area (Å²) in [6.45, 7) is 4.00. The van der Waals surface area contributed by atoms with Gasteiger partial charge in [-0.2, -0.15) is 13.2 Å². The van der Waals surface area contributed by atoms with Crippen LogP contribution in [0.1, 0.15) is 51.5 Å². The normalized spacial score (nSPS) is 37.8. The zero-order valence-electron chi connectivity index (χ0n) is 21.7. The van der Waals surface area contributed by atoms with Gasteiger partial charge in [0.15, 0.2) is 16.7 Å². The molecule has 3 N–H and O–H groups in total. The Bertz CT molecular complexity index is 1430. The highest BCUT2D eigenvalue weighted by Gasteiger charge is 2.68. The zero-order valence-corrected chi connectivity index (χ0v) is 22.5. The molecule has 4 aliphatic rings. The first-order chi connectivity index (χ1) is 18.3. The molecule has 3 fully saturated rings. The van der Waals surface area contributed by atoms with Crippen LogP contribution in [0, 0.1) is 28.6 Å². The molecule has 0 bridgehead atoms. The average Bonchev–Trinajstić information content (AvgIpc) is 3.40. The minimum atomic E-state index is -4.47. The van der Waals surface area contributed by atoms with Crippen LogP contribution >= 0.6 is 11.8 Å². The number of halogens is 3. The number of nitrogens with zero attached hydrogens (tertiary/aromatic N) is 1. The van der Waals surface area contributed by atoms with Crippen LogP contribution in [0.4, 0.5) is 13.2 Å². The third-order valence-electron chi connectivity index (χ3n) is 10.2. The van der Waals surface area contributed by atoms with Crippen molar-refractivity contribution in [3.8, 4) is 0 Å². The molecule has 39 heavy (non-hydrogen) atoms. The topological polar surface area (TPSA) is 103 Å². The first kappa shape index (κ1) is 26.8. The van der Waals surface area contributed by atoms with Crippen molar-refractivity contribution in [2.24, 2.45) is 28.6 Å². The van der Waals surface area contributed by atoms with Crippen LogP contribution in [0.25, 0.3) is 11.0 Å². The predicted molar refractivity (Wildman–Crippen MR) is 140 cm³/mol. The van der Waals surface area contributed by atoms with Crippen molar-refractivity contribution in [2.45, 2.75) is 69.0 Å². The van der Waals surface area contributed by atoms with E-state index in [-0.39, 0.29) is 47.0 Å². The van der Waals surface area contributed by atoms with Crippen LogP contribution in [0.2, 0.25) is 0 Å². The summed E-state index contributed by atoms with van der Waals surface area (Å²) in [6, 6.07) is 3.25. The molecule has 0 spiro atoms. The van der Waals surface area contributed by atoms with E-state index >= 15 is 0 Å². The van der Waals surface area contributed by atoms with E-state index in [9.17, 15) is 33.0 Å². The summed E-state index contributed by atoms with van der Waals surface area (Å²) in [7, 11) is 0. The highest BCUT2D eigenvalue weighted by Crippen LogP contribution is 2.67. The number of alkyl halides is 3. The summed E-state index contributed by atoms with van der Waals surface area (Å²) in [6.07, 6.45) is 2.78. The minimum Gasteiger partial charge on any atom is -0.393 e. The van der Waals surface area contributed by atoms with Crippen molar-refractivity contribution in [1.82, 2.24) is 9.97 Å². The number of benzene rings is 1. The molecular weight excluding hydrogens is 529 g/mol. The lowest BCUT2D eigenvalue weighted by Crippen LogP contribution is -2.61. The molecule has 0 radical (unpaired) electrons.